The Morgan fingerprint density at radius 3 is 2.87 bits per heavy atom. The largest absolute Gasteiger partial charge is 0.462 e. The second-order valence-electron chi connectivity index (χ2n) is 3.91. The topological polar surface area (TPSA) is 26.3 Å². The van der Waals surface area contributed by atoms with Gasteiger partial charge in [0.2, 0.25) is 0 Å². The lowest BCUT2D eigenvalue weighted by Crippen LogP contribution is -2.14. The summed E-state index contributed by atoms with van der Waals surface area (Å²) in [6.45, 7) is 1.84. The molecule has 2 nitrogen and oxygen atoms in total. The van der Waals surface area contributed by atoms with E-state index in [2.05, 4.69) is 0 Å². The smallest absolute Gasteiger partial charge is 0.313 e. The number of benzene rings is 1. The molecule has 0 heterocycles. The zero-order chi connectivity index (χ0) is 10.8. The van der Waals surface area contributed by atoms with E-state index in [1.54, 1.807) is 12.1 Å². The average Bonchev–Trinajstić information content (AvgIpc) is 3.00. The molecule has 0 radical (unpaired) electrons. The van der Waals surface area contributed by atoms with Crippen LogP contribution in [0.3, 0.4) is 0 Å². The van der Waals surface area contributed by atoms with Crippen molar-refractivity contribution in [1.82, 2.24) is 0 Å². The molecule has 0 amide bonds. The van der Waals surface area contributed by atoms with Crippen LogP contribution < -0.4 is 0 Å². The van der Waals surface area contributed by atoms with Gasteiger partial charge in [-0.05, 0) is 37.5 Å². The molecule has 0 spiro atoms. The van der Waals surface area contributed by atoms with E-state index in [-0.39, 0.29) is 18.0 Å². The van der Waals surface area contributed by atoms with Crippen LogP contribution in [-0.2, 0) is 9.53 Å². The monoisotopic (exact) mass is 224 g/mol. The van der Waals surface area contributed by atoms with Crippen LogP contribution in [0.4, 0.5) is 0 Å². The van der Waals surface area contributed by atoms with Crippen molar-refractivity contribution < 1.29 is 9.53 Å². The SMILES string of the molecule is CC(C(=O)OC1CC1)c1cccc(Cl)c1. The first-order valence-electron chi connectivity index (χ1n) is 5.13. The molecule has 1 aromatic rings. The molecule has 1 aliphatic carbocycles. The molecule has 0 saturated heterocycles. The summed E-state index contributed by atoms with van der Waals surface area (Å²) >= 11 is 5.86. The number of hydrogen-bond acceptors (Lipinski definition) is 2. The standard InChI is InChI=1S/C12H13ClO2/c1-8(12(14)15-11-5-6-11)9-3-2-4-10(13)7-9/h2-4,7-8,11H,5-6H2,1H3. The first kappa shape index (κ1) is 10.5. The molecule has 1 aromatic carbocycles. The fourth-order valence-corrected chi connectivity index (χ4v) is 1.56. The molecule has 0 aliphatic heterocycles. The summed E-state index contributed by atoms with van der Waals surface area (Å²) in [5.74, 6) is -0.385. The zero-order valence-corrected chi connectivity index (χ0v) is 9.33. The molecule has 3 heteroatoms. The van der Waals surface area contributed by atoms with Gasteiger partial charge in [0.05, 0.1) is 5.92 Å². The molecule has 15 heavy (non-hydrogen) atoms. The lowest BCUT2D eigenvalue weighted by atomic mass is 10.0. The number of halogens is 1. The normalized spacial score (nSPS) is 17.2. The first-order chi connectivity index (χ1) is 7.16. The molecule has 0 N–H and O–H groups in total. The quantitative estimate of drug-likeness (QED) is 0.738. The van der Waals surface area contributed by atoms with E-state index < -0.39 is 0 Å². The van der Waals surface area contributed by atoms with Crippen molar-refractivity contribution in [3.05, 3.63) is 34.9 Å². The number of ether oxygens (including phenoxy) is 1. The Bertz CT molecular complexity index is 372. The second kappa shape index (κ2) is 4.23. The molecule has 1 atom stereocenters. The van der Waals surface area contributed by atoms with E-state index in [1.165, 1.54) is 0 Å². The maximum Gasteiger partial charge on any atom is 0.313 e. The van der Waals surface area contributed by atoms with E-state index >= 15 is 0 Å². The summed E-state index contributed by atoms with van der Waals surface area (Å²) in [6.07, 6.45) is 2.18. The summed E-state index contributed by atoms with van der Waals surface area (Å²) in [5.41, 5.74) is 0.910. The van der Waals surface area contributed by atoms with Gasteiger partial charge in [-0.25, -0.2) is 0 Å². The minimum absolute atomic E-state index is 0.153. The highest BCUT2D eigenvalue weighted by atomic mass is 35.5. The summed E-state index contributed by atoms with van der Waals surface area (Å²) in [6, 6.07) is 7.34. The van der Waals surface area contributed by atoms with Crippen LogP contribution in [0.2, 0.25) is 5.02 Å². The van der Waals surface area contributed by atoms with Crippen molar-refractivity contribution >= 4 is 17.6 Å². The molecule has 1 saturated carbocycles. The minimum atomic E-state index is -0.232. The van der Waals surface area contributed by atoms with Gasteiger partial charge < -0.3 is 4.74 Å². The third-order valence-electron chi connectivity index (χ3n) is 2.51. The zero-order valence-electron chi connectivity index (χ0n) is 8.57. The van der Waals surface area contributed by atoms with Gasteiger partial charge >= 0.3 is 5.97 Å². The third kappa shape index (κ3) is 2.72. The van der Waals surface area contributed by atoms with Gasteiger partial charge in [0.25, 0.3) is 0 Å². The molecule has 1 unspecified atom stereocenters. The number of hydrogen-bond donors (Lipinski definition) is 0. The number of esters is 1. The predicted molar refractivity (Wildman–Crippen MR) is 59.0 cm³/mol. The van der Waals surface area contributed by atoms with Gasteiger partial charge in [0.1, 0.15) is 6.10 Å². The Morgan fingerprint density at radius 1 is 1.53 bits per heavy atom. The Balaban J connectivity index is 2.05. The van der Waals surface area contributed by atoms with E-state index in [4.69, 9.17) is 16.3 Å². The molecule has 1 aliphatic rings. The fraction of sp³-hybridized carbons (Fsp3) is 0.417. The number of carbonyl (C=O) groups excluding carboxylic acids is 1. The number of rotatable bonds is 3. The molecular weight excluding hydrogens is 212 g/mol. The first-order valence-corrected chi connectivity index (χ1v) is 5.50. The van der Waals surface area contributed by atoms with Crippen LogP contribution in [-0.4, -0.2) is 12.1 Å². The maximum atomic E-state index is 11.6. The van der Waals surface area contributed by atoms with Crippen LogP contribution >= 0.6 is 11.6 Å². The van der Waals surface area contributed by atoms with Crippen molar-refractivity contribution in [1.29, 1.82) is 0 Å². The lowest BCUT2D eigenvalue weighted by Gasteiger charge is -2.11. The Labute approximate surface area is 94.2 Å². The van der Waals surface area contributed by atoms with Crippen LogP contribution in [0.1, 0.15) is 31.2 Å². The van der Waals surface area contributed by atoms with Crippen molar-refractivity contribution in [2.45, 2.75) is 31.8 Å². The molecule has 2 rings (SSSR count). The van der Waals surface area contributed by atoms with Gasteiger partial charge in [0.15, 0.2) is 0 Å². The highest BCUT2D eigenvalue weighted by Gasteiger charge is 2.28. The third-order valence-corrected chi connectivity index (χ3v) is 2.74. The van der Waals surface area contributed by atoms with Gasteiger partial charge in [-0.2, -0.15) is 0 Å². The van der Waals surface area contributed by atoms with Crippen LogP contribution in [0.5, 0.6) is 0 Å². The van der Waals surface area contributed by atoms with Crippen molar-refractivity contribution in [3.8, 4) is 0 Å². The second-order valence-corrected chi connectivity index (χ2v) is 4.35. The average molecular weight is 225 g/mol. The Hall–Kier alpha value is -1.02. The highest BCUT2D eigenvalue weighted by Crippen LogP contribution is 2.27. The summed E-state index contributed by atoms with van der Waals surface area (Å²) in [7, 11) is 0. The van der Waals surface area contributed by atoms with Crippen molar-refractivity contribution in [3.63, 3.8) is 0 Å². The summed E-state index contributed by atoms with van der Waals surface area (Å²) < 4.78 is 5.24. The molecule has 1 fully saturated rings. The van der Waals surface area contributed by atoms with Gasteiger partial charge in [-0.3, -0.25) is 4.79 Å². The lowest BCUT2D eigenvalue weighted by molar-refractivity contribution is -0.146. The van der Waals surface area contributed by atoms with Gasteiger partial charge in [0, 0.05) is 5.02 Å². The summed E-state index contributed by atoms with van der Waals surface area (Å²) in [5, 5.41) is 0.651. The fourth-order valence-electron chi connectivity index (χ4n) is 1.36. The van der Waals surface area contributed by atoms with E-state index in [0.29, 0.717) is 5.02 Å². The summed E-state index contributed by atoms with van der Waals surface area (Å²) in [4.78, 5) is 11.6. The van der Waals surface area contributed by atoms with Crippen molar-refractivity contribution in [2.24, 2.45) is 0 Å². The van der Waals surface area contributed by atoms with Crippen LogP contribution in [0.25, 0.3) is 0 Å². The van der Waals surface area contributed by atoms with E-state index in [0.717, 1.165) is 18.4 Å². The van der Waals surface area contributed by atoms with Crippen LogP contribution in [0.15, 0.2) is 24.3 Å². The molecule has 0 bridgehead atoms. The van der Waals surface area contributed by atoms with Gasteiger partial charge in [-0.1, -0.05) is 23.7 Å². The Kier molecular flexibility index (Phi) is 2.96. The molecule has 0 aromatic heterocycles. The van der Waals surface area contributed by atoms with Crippen molar-refractivity contribution in [2.75, 3.05) is 0 Å². The predicted octanol–water partition coefficient (Wildman–Crippen LogP) is 3.15. The molecule has 80 valence electrons. The van der Waals surface area contributed by atoms with E-state index in [1.807, 2.05) is 19.1 Å². The minimum Gasteiger partial charge on any atom is -0.462 e. The van der Waals surface area contributed by atoms with Crippen LogP contribution in [0, 0.1) is 0 Å². The highest BCUT2D eigenvalue weighted by molar-refractivity contribution is 6.30. The van der Waals surface area contributed by atoms with E-state index in [9.17, 15) is 4.79 Å². The molecular formula is C12H13ClO2. The Morgan fingerprint density at radius 2 is 2.27 bits per heavy atom. The maximum absolute atomic E-state index is 11.6. The van der Waals surface area contributed by atoms with Gasteiger partial charge in [-0.15, -0.1) is 0 Å². The number of carbonyl (C=O) groups is 1.